The number of hydrogen-bond donors (Lipinski definition) is 1. The lowest BCUT2D eigenvalue weighted by Gasteiger charge is -2.11. The summed E-state index contributed by atoms with van der Waals surface area (Å²) in [7, 11) is 0. The van der Waals surface area contributed by atoms with Crippen LogP contribution in [-0.4, -0.2) is 0 Å². The first-order valence-electron chi connectivity index (χ1n) is 5.37. The van der Waals surface area contributed by atoms with Gasteiger partial charge in [0.2, 0.25) is 0 Å². The first-order chi connectivity index (χ1) is 8.13. The molecule has 88 valence electrons. The van der Waals surface area contributed by atoms with Crippen molar-refractivity contribution in [1.82, 2.24) is 0 Å². The highest BCUT2D eigenvalue weighted by Gasteiger charge is 2.11. The number of nitrogens with two attached hydrogens (primary N) is 1. The minimum atomic E-state index is -0.243. The fourth-order valence-electron chi connectivity index (χ4n) is 1.83. The van der Waals surface area contributed by atoms with E-state index in [2.05, 4.69) is 15.9 Å². The molecule has 1 nitrogen and oxygen atoms in total. The van der Waals surface area contributed by atoms with E-state index >= 15 is 0 Å². The van der Waals surface area contributed by atoms with Crippen molar-refractivity contribution in [2.24, 2.45) is 5.73 Å². The van der Waals surface area contributed by atoms with Crippen molar-refractivity contribution in [2.45, 2.75) is 13.5 Å². The molecule has 0 bridgehead atoms. The molecule has 0 saturated carbocycles. The van der Waals surface area contributed by atoms with E-state index in [-0.39, 0.29) is 5.82 Å². The summed E-state index contributed by atoms with van der Waals surface area (Å²) in [5.41, 5.74) is 9.19. The topological polar surface area (TPSA) is 26.0 Å². The molecule has 0 fully saturated rings. The van der Waals surface area contributed by atoms with Crippen LogP contribution < -0.4 is 5.73 Å². The highest BCUT2D eigenvalue weighted by atomic mass is 79.9. The minimum absolute atomic E-state index is 0.243. The maximum absolute atomic E-state index is 14.0. The van der Waals surface area contributed by atoms with E-state index in [4.69, 9.17) is 5.73 Å². The summed E-state index contributed by atoms with van der Waals surface area (Å²) in [6.45, 7) is 2.39. The summed E-state index contributed by atoms with van der Waals surface area (Å²) in [5.74, 6) is -0.243. The predicted molar refractivity (Wildman–Crippen MR) is 72.2 cm³/mol. The molecule has 0 atom stereocenters. The van der Waals surface area contributed by atoms with E-state index in [0.717, 1.165) is 16.7 Å². The Labute approximate surface area is 109 Å². The Bertz CT molecular complexity index is 552. The zero-order valence-electron chi connectivity index (χ0n) is 9.50. The van der Waals surface area contributed by atoms with E-state index < -0.39 is 0 Å². The van der Waals surface area contributed by atoms with Gasteiger partial charge in [0.25, 0.3) is 0 Å². The number of rotatable bonds is 2. The fraction of sp³-hybridized carbons (Fsp3) is 0.143. The third kappa shape index (κ3) is 2.40. The van der Waals surface area contributed by atoms with Crippen LogP contribution in [-0.2, 0) is 6.54 Å². The quantitative estimate of drug-likeness (QED) is 0.889. The highest BCUT2D eigenvalue weighted by molar-refractivity contribution is 9.10. The lowest BCUT2D eigenvalue weighted by atomic mass is 9.97. The minimum Gasteiger partial charge on any atom is -0.326 e. The Hall–Kier alpha value is -1.19. The second-order valence-electron chi connectivity index (χ2n) is 3.97. The Balaban J connectivity index is 2.67. The van der Waals surface area contributed by atoms with Gasteiger partial charge in [-0.25, -0.2) is 4.39 Å². The molecule has 0 heterocycles. The fourth-order valence-corrected chi connectivity index (χ4v) is 2.20. The van der Waals surface area contributed by atoms with Crippen molar-refractivity contribution >= 4 is 15.9 Å². The molecule has 0 spiro atoms. The average Bonchev–Trinajstić information content (AvgIpc) is 2.33. The van der Waals surface area contributed by atoms with Crippen LogP contribution in [0.15, 0.2) is 40.9 Å². The standard InChI is InChI=1S/C14H13BrFN/c1-9-5-6-10(8-17)12(7-9)11-3-2-4-13(15)14(11)16/h2-7H,8,17H2,1H3. The molecule has 0 amide bonds. The van der Waals surface area contributed by atoms with Crippen LogP contribution in [0.25, 0.3) is 11.1 Å². The molecule has 0 radical (unpaired) electrons. The molecule has 0 saturated heterocycles. The lowest BCUT2D eigenvalue weighted by molar-refractivity contribution is 0.624. The molecule has 2 aromatic carbocycles. The van der Waals surface area contributed by atoms with Crippen LogP contribution in [0.1, 0.15) is 11.1 Å². The van der Waals surface area contributed by atoms with Crippen molar-refractivity contribution in [2.75, 3.05) is 0 Å². The zero-order chi connectivity index (χ0) is 12.4. The van der Waals surface area contributed by atoms with Crippen LogP contribution in [0.4, 0.5) is 4.39 Å². The Morgan fingerprint density at radius 2 is 1.94 bits per heavy atom. The van der Waals surface area contributed by atoms with E-state index in [1.54, 1.807) is 12.1 Å². The van der Waals surface area contributed by atoms with E-state index in [1.807, 2.05) is 31.2 Å². The molecule has 0 aliphatic heterocycles. The second kappa shape index (κ2) is 4.98. The molecule has 0 aromatic heterocycles. The van der Waals surface area contributed by atoms with E-state index in [9.17, 15) is 4.39 Å². The van der Waals surface area contributed by atoms with E-state index in [1.165, 1.54) is 0 Å². The van der Waals surface area contributed by atoms with Crippen LogP contribution in [0.2, 0.25) is 0 Å². The monoisotopic (exact) mass is 293 g/mol. The normalized spacial score (nSPS) is 10.6. The Morgan fingerprint density at radius 3 is 2.65 bits per heavy atom. The largest absolute Gasteiger partial charge is 0.326 e. The molecule has 0 unspecified atom stereocenters. The molecule has 2 aromatic rings. The van der Waals surface area contributed by atoms with Crippen LogP contribution >= 0.6 is 15.9 Å². The lowest BCUT2D eigenvalue weighted by Crippen LogP contribution is -2.00. The molecule has 3 heteroatoms. The molecular formula is C14H13BrFN. The first-order valence-corrected chi connectivity index (χ1v) is 6.16. The predicted octanol–water partition coefficient (Wildman–Crippen LogP) is 4.02. The van der Waals surface area contributed by atoms with Gasteiger partial charge in [0.1, 0.15) is 5.82 Å². The summed E-state index contributed by atoms with van der Waals surface area (Å²) < 4.78 is 14.5. The van der Waals surface area contributed by atoms with Gasteiger partial charge in [0.05, 0.1) is 4.47 Å². The molecular weight excluding hydrogens is 281 g/mol. The third-order valence-electron chi connectivity index (χ3n) is 2.73. The number of hydrogen-bond acceptors (Lipinski definition) is 1. The number of halogens is 2. The summed E-state index contributed by atoms with van der Waals surface area (Å²) in [6.07, 6.45) is 0. The van der Waals surface area contributed by atoms with Crippen molar-refractivity contribution in [3.8, 4) is 11.1 Å². The summed E-state index contributed by atoms with van der Waals surface area (Å²) in [6, 6.07) is 11.2. The highest BCUT2D eigenvalue weighted by Crippen LogP contribution is 2.30. The maximum atomic E-state index is 14.0. The second-order valence-corrected chi connectivity index (χ2v) is 4.82. The number of benzene rings is 2. The van der Waals surface area contributed by atoms with Gasteiger partial charge >= 0.3 is 0 Å². The van der Waals surface area contributed by atoms with Crippen molar-refractivity contribution < 1.29 is 4.39 Å². The van der Waals surface area contributed by atoms with E-state index in [0.29, 0.717) is 16.6 Å². The van der Waals surface area contributed by atoms with Crippen LogP contribution in [0.5, 0.6) is 0 Å². The molecule has 2 rings (SSSR count). The third-order valence-corrected chi connectivity index (χ3v) is 3.34. The van der Waals surface area contributed by atoms with Gasteiger partial charge in [0, 0.05) is 12.1 Å². The van der Waals surface area contributed by atoms with Crippen LogP contribution in [0, 0.1) is 12.7 Å². The summed E-state index contributed by atoms with van der Waals surface area (Å²) >= 11 is 3.20. The van der Waals surface area contributed by atoms with Crippen molar-refractivity contribution in [3.63, 3.8) is 0 Å². The summed E-state index contributed by atoms with van der Waals surface area (Å²) in [4.78, 5) is 0. The van der Waals surface area contributed by atoms with Crippen molar-refractivity contribution in [3.05, 3.63) is 57.8 Å². The average molecular weight is 294 g/mol. The van der Waals surface area contributed by atoms with Crippen LogP contribution in [0.3, 0.4) is 0 Å². The smallest absolute Gasteiger partial charge is 0.145 e. The van der Waals surface area contributed by atoms with Gasteiger partial charge in [-0.2, -0.15) is 0 Å². The molecule has 2 N–H and O–H groups in total. The van der Waals surface area contributed by atoms with Gasteiger partial charge in [-0.05, 0) is 40.0 Å². The maximum Gasteiger partial charge on any atom is 0.145 e. The first kappa shape index (κ1) is 12.3. The van der Waals surface area contributed by atoms with Gasteiger partial charge in [-0.1, -0.05) is 35.9 Å². The Morgan fingerprint density at radius 1 is 1.18 bits per heavy atom. The molecule has 0 aliphatic rings. The molecule has 0 aliphatic carbocycles. The Kier molecular flexibility index (Phi) is 3.60. The van der Waals surface area contributed by atoms with Gasteiger partial charge < -0.3 is 5.73 Å². The number of aryl methyl sites for hydroxylation is 1. The summed E-state index contributed by atoms with van der Waals surface area (Å²) in [5, 5.41) is 0. The molecule has 17 heavy (non-hydrogen) atoms. The SMILES string of the molecule is Cc1ccc(CN)c(-c2cccc(Br)c2F)c1. The van der Waals surface area contributed by atoms with Gasteiger partial charge in [0.15, 0.2) is 0 Å². The van der Waals surface area contributed by atoms with Gasteiger partial charge in [-0.3, -0.25) is 0 Å². The van der Waals surface area contributed by atoms with Gasteiger partial charge in [-0.15, -0.1) is 0 Å². The van der Waals surface area contributed by atoms with Crippen molar-refractivity contribution in [1.29, 1.82) is 0 Å². The zero-order valence-corrected chi connectivity index (χ0v) is 11.1.